The Morgan fingerprint density at radius 2 is 2.27 bits per heavy atom. The second-order valence-electron chi connectivity index (χ2n) is 4.45. The zero-order valence-corrected chi connectivity index (χ0v) is 12.9. The quantitative estimate of drug-likeness (QED) is 0.667. The summed E-state index contributed by atoms with van der Waals surface area (Å²) < 4.78 is 11.4. The van der Waals surface area contributed by atoms with Crippen molar-refractivity contribution in [2.75, 3.05) is 0 Å². The summed E-state index contributed by atoms with van der Waals surface area (Å²) in [5.74, 6) is 0.240. The number of thiazole rings is 1. The van der Waals surface area contributed by atoms with E-state index in [1.54, 1.807) is 18.2 Å². The van der Waals surface area contributed by atoms with Crippen LogP contribution in [0, 0.1) is 11.3 Å². The normalized spacial score (nSPS) is 12.0. The third-order valence-corrected chi connectivity index (χ3v) is 4.12. The number of ether oxygens (including phenoxy) is 1. The molecular weight excluding hydrogens is 324 g/mol. The Hall–Kier alpha value is -2.36. The van der Waals surface area contributed by atoms with Gasteiger partial charge in [-0.2, -0.15) is 5.26 Å². The molecule has 0 N–H and O–H groups in total. The molecule has 0 spiro atoms. The minimum atomic E-state index is -1.06. The number of nitriles is 1. The molecule has 22 heavy (non-hydrogen) atoms. The first-order chi connectivity index (χ1) is 10.6. The van der Waals surface area contributed by atoms with Gasteiger partial charge < -0.3 is 9.15 Å². The van der Waals surface area contributed by atoms with Crippen LogP contribution in [0.4, 0.5) is 0 Å². The maximum atomic E-state index is 11.0. The first kappa shape index (κ1) is 14.6. The lowest BCUT2D eigenvalue weighted by molar-refractivity contribution is -0.144. The van der Waals surface area contributed by atoms with Crippen molar-refractivity contribution in [3.05, 3.63) is 41.1 Å². The Bertz CT molecular complexity index is 894. The van der Waals surface area contributed by atoms with E-state index in [1.165, 1.54) is 18.3 Å². The van der Waals surface area contributed by atoms with Gasteiger partial charge in [-0.1, -0.05) is 11.6 Å². The monoisotopic (exact) mass is 332 g/mol. The fourth-order valence-corrected chi connectivity index (χ4v) is 3.13. The average molecular weight is 333 g/mol. The van der Waals surface area contributed by atoms with Gasteiger partial charge in [-0.25, -0.2) is 4.98 Å². The van der Waals surface area contributed by atoms with Crippen LogP contribution in [0.2, 0.25) is 5.02 Å². The van der Waals surface area contributed by atoms with Gasteiger partial charge in [0.05, 0.1) is 10.2 Å². The molecule has 110 valence electrons. The largest absolute Gasteiger partial charge is 0.453 e. The second kappa shape index (κ2) is 5.79. The number of aromatic nitrogens is 1. The molecule has 1 atom stereocenters. The Morgan fingerprint density at radius 1 is 1.45 bits per heavy atom. The van der Waals surface area contributed by atoms with Crippen LogP contribution in [0.5, 0.6) is 0 Å². The molecule has 5 nitrogen and oxygen atoms in total. The van der Waals surface area contributed by atoms with Gasteiger partial charge in [0.25, 0.3) is 0 Å². The van der Waals surface area contributed by atoms with Gasteiger partial charge in [-0.15, -0.1) is 11.3 Å². The molecule has 0 saturated heterocycles. The van der Waals surface area contributed by atoms with Crippen LogP contribution in [0.25, 0.3) is 21.0 Å². The van der Waals surface area contributed by atoms with Crippen LogP contribution in [0.15, 0.2) is 34.7 Å². The molecule has 3 rings (SSSR count). The molecule has 7 heteroatoms. The van der Waals surface area contributed by atoms with Gasteiger partial charge in [-0.3, -0.25) is 4.79 Å². The van der Waals surface area contributed by atoms with E-state index in [0.29, 0.717) is 15.8 Å². The summed E-state index contributed by atoms with van der Waals surface area (Å²) >= 11 is 7.39. The summed E-state index contributed by atoms with van der Waals surface area (Å²) in [7, 11) is 0. The Labute approximate surface area is 134 Å². The molecule has 0 aliphatic carbocycles. The Balaban J connectivity index is 1.95. The molecule has 3 aromatic rings. The molecule has 0 amide bonds. The van der Waals surface area contributed by atoms with E-state index in [9.17, 15) is 4.79 Å². The summed E-state index contributed by atoms with van der Waals surface area (Å²) in [5, 5.41) is 10.3. The minimum absolute atomic E-state index is 0.269. The lowest BCUT2D eigenvalue weighted by Gasteiger charge is -2.05. The first-order valence-corrected chi connectivity index (χ1v) is 7.49. The van der Waals surface area contributed by atoms with Crippen LogP contribution in [-0.2, 0) is 9.53 Å². The standard InChI is InChI=1S/C15H9ClN2O3S/c1-8(19)20-13(7-17)11-4-5-12(21-11)15-18-10-3-2-9(16)6-14(10)22-15/h2-6,13H,1H3. The van der Waals surface area contributed by atoms with Crippen molar-refractivity contribution in [1.82, 2.24) is 4.98 Å². The van der Waals surface area contributed by atoms with Crippen LogP contribution < -0.4 is 0 Å². The highest BCUT2D eigenvalue weighted by Crippen LogP contribution is 2.34. The predicted molar refractivity (Wildman–Crippen MR) is 82.5 cm³/mol. The molecule has 1 unspecified atom stereocenters. The number of esters is 1. The topological polar surface area (TPSA) is 76.1 Å². The molecule has 0 bridgehead atoms. The smallest absolute Gasteiger partial charge is 0.304 e. The van der Waals surface area contributed by atoms with Gasteiger partial charge in [0.1, 0.15) is 6.07 Å². The summed E-state index contributed by atoms with van der Waals surface area (Å²) in [6.07, 6.45) is -1.06. The summed E-state index contributed by atoms with van der Waals surface area (Å²) in [6, 6.07) is 10.6. The van der Waals surface area contributed by atoms with Gasteiger partial charge in [0, 0.05) is 11.9 Å². The van der Waals surface area contributed by atoms with Crippen molar-refractivity contribution in [3.63, 3.8) is 0 Å². The van der Waals surface area contributed by atoms with Crippen molar-refractivity contribution in [2.45, 2.75) is 13.0 Å². The van der Waals surface area contributed by atoms with Crippen molar-refractivity contribution in [3.8, 4) is 16.8 Å². The van der Waals surface area contributed by atoms with E-state index in [-0.39, 0.29) is 5.76 Å². The van der Waals surface area contributed by atoms with Crippen LogP contribution in [0.3, 0.4) is 0 Å². The van der Waals surface area contributed by atoms with Gasteiger partial charge in [-0.05, 0) is 30.3 Å². The Kier molecular flexibility index (Phi) is 3.84. The zero-order valence-electron chi connectivity index (χ0n) is 11.4. The van der Waals surface area contributed by atoms with Crippen LogP contribution in [0.1, 0.15) is 18.8 Å². The number of benzene rings is 1. The van der Waals surface area contributed by atoms with Crippen LogP contribution >= 0.6 is 22.9 Å². The van der Waals surface area contributed by atoms with E-state index in [1.807, 2.05) is 18.2 Å². The highest BCUT2D eigenvalue weighted by Gasteiger charge is 2.19. The Morgan fingerprint density at radius 3 is 3.00 bits per heavy atom. The van der Waals surface area contributed by atoms with E-state index in [4.69, 9.17) is 26.0 Å². The van der Waals surface area contributed by atoms with E-state index in [2.05, 4.69) is 4.98 Å². The molecular formula is C15H9ClN2O3S. The maximum absolute atomic E-state index is 11.0. The SMILES string of the molecule is CC(=O)OC(C#N)c1ccc(-c2nc3ccc(Cl)cc3s2)o1. The lowest BCUT2D eigenvalue weighted by Crippen LogP contribution is -2.05. The third kappa shape index (κ3) is 2.82. The summed E-state index contributed by atoms with van der Waals surface area (Å²) in [6.45, 7) is 1.24. The van der Waals surface area contributed by atoms with E-state index >= 15 is 0 Å². The van der Waals surface area contributed by atoms with Gasteiger partial charge >= 0.3 is 5.97 Å². The summed E-state index contributed by atoms with van der Waals surface area (Å²) in [4.78, 5) is 15.4. The fraction of sp³-hybridized carbons (Fsp3) is 0.133. The second-order valence-corrected chi connectivity index (χ2v) is 5.92. The number of furan rings is 1. The number of fused-ring (bicyclic) bond motifs is 1. The number of carbonyl (C=O) groups excluding carboxylic acids is 1. The van der Waals surface area contributed by atoms with E-state index < -0.39 is 12.1 Å². The fourth-order valence-electron chi connectivity index (χ4n) is 1.93. The first-order valence-electron chi connectivity index (χ1n) is 6.30. The van der Waals surface area contributed by atoms with Crippen molar-refractivity contribution >= 4 is 39.1 Å². The molecule has 0 fully saturated rings. The van der Waals surface area contributed by atoms with Gasteiger partial charge in [0.15, 0.2) is 16.5 Å². The van der Waals surface area contributed by atoms with Gasteiger partial charge in [0.2, 0.25) is 6.10 Å². The molecule has 0 aliphatic heterocycles. The lowest BCUT2D eigenvalue weighted by atomic mass is 10.3. The van der Waals surface area contributed by atoms with Crippen molar-refractivity contribution in [1.29, 1.82) is 5.26 Å². The number of carbonyl (C=O) groups is 1. The summed E-state index contributed by atoms with van der Waals surface area (Å²) in [5.41, 5.74) is 0.819. The highest BCUT2D eigenvalue weighted by atomic mass is 35.5. The number of rotatable bonds is 3. The number of hydrogen-bond acceptors (Lipinski definition) is 6. The number of nitrogens with zero attached hydrogens (tertiary/aromatic N) is 2. The molecule has 0 aliphatic rings. The predicted octanol–water partition coefficient (Wildman–Crippen LogP) is 4.34. The average Bonchev–Trinajstić information content (AvgIpc) is 3.10. The highest BCUT2D eigenvalue weighted by molar-refractivity contribution is 7.21. The molecule has 0 radical (unpaired) electrons. The molecule has 2 heterocycles. The molecule has 2 aromatic heterocycles. The van der Waals surface area contributed by atoms with Crippen molar-refractivity contribution < 1.29 is 13.9 Å². The third-order valence-electron chi connectivity index (χ3n) is 2.85. The molecule has 1 aromatic carbocycles. The number of halogens is 1. The maximum Gasteiger partial charge on any atom is 0.304 e. The van der Waals surface area contributed by atoms with Crippen molar-refractivity contribution in [2.24, 2.45) is 0 Å². The zero-order chi connectivity index (χ0) is 15.7. The number of hydrogen-bond donors (Lipinski definition) is 0. The molecule has 0 saturated carbocycles. The van der Waals surface area contributed by atoms with Crippen LogP contribution in [-0.4, -0.2) is 11.0 Å². The minimum Gasteiger partial charge on any atom is -0.453 e. The van der Waals surface area contributed by atoms with E-state index in [0.717, 1.165) is 10.2 Å².